The van der Waals surface area contributed by atoms with E-state index in [1.54, 1.807) is 10.7 Å². The molecule has 0 atom stereocenters. The number of carbonyl (C=O) groups excluding carboxylic acids is 2. The molecule has 0 aliphatic carbocycles. The van der Waals surface area contributed by atoms with Gasteiger partial charge in [-0.2, -0.15) is 18.3 Å². The van der Waals surface area contributed by atoms with Gasteiger partial charge in [-0.15, -0.1) is 0 Å². The van der Waals surface area contributed by atoms with Crippen LogP contribution in [-0.2, 0) is 15.8 Å². The third-order valence-corrected chi connectivity index (χ3v) is 5.03. The summed E-state index contributed by atoms with van der Waals surface area (Å²) in [7, 11) is 1.53. The summed E-state index contributed by atoms with van der Waals surface area (Å²) in [5, 5.41) is 9.54. The maximum Gasteiger partial charge on any atom is 0.418 e. The highest BCUT2D eigenvalue weighted by Gasteiger charge is 2.33. The zero-order valence-electron chi connectivity index (χ0n) is 19.3. The highest BCUT2D eigenvalue weighted by atomic mass is 19.4. The van der Waals surface area contributed by atoms with Crippen LogP contribution in [0.1, 0.15) is 22.4 Å². The first kappa shape index (κ1) is 25.0. The molecular formula is C24H26F3N5O2. The number of para-hydroxylation sites is 1. The minimum atomic E-state index is -4.59. The number of aryl methyl sites for hydroxylation is 3. The largest absolute Gasteiger partial charge is 0.418 e. The minimum Gasteiger partial charge on any atom is -0.324 e. The molecular weight excluding hydrogens is 447 g/mol. The number of nitrogens with zero attached hydrogens (tertiary/aromatic N) is 3. The van der Waals surface area contributed by atoms with Crippen LogP contribution in [0.4, 0.5) is 24.7 Å². The maximum absolute atomic E-state index is 13.1. The smallest absolute Gasteiger partial charge is 0.324 e. The first-order chi connectivity index (χ1) is 15.9. The summed E-state index contributed by atoms with van der Waals surface area (Å²) in [6.07, 6.45) is -4.59. The third-order valence-electron chi connectivity index (χ3n) is 5.03. The third kappa shape index (κ3) is 6.22. The van der Waals surface area contributed by atoms with Gasteiger partial charge in [-0.1, -0.05) is 24.3 Å². The van der Waals surface area contributed by atoms with Crippen molar-refractivity contribution in [3.63, 3.8) is 0 Å². The lowest BCUT2D eigenvalue weighted by Crippen LogP contribution is -2.36. The summed E-state index contributed by atoms with van der Waals surface area (Å²) in [5.41, 5.74) is 2.32. The van der Waals surface area contributed by atoms with Crippen molar-refractivity contribution in [2.24, 2.45) is 0 Å². The van der Waals surface area contributed by atoms with E-state index < -0.39 is 23.6 Å². The summed E-state index contributed by atoms with van der Waals surface area (Å²) < 4.78 is 41.0. The second-order valence-electron chi connectivity index (χ2n) is 8.18. The Morgan fingerprint density at radius 2 is 1.62 bits per heavy atom. The quantitative estimate of drug-likeness (QED) is 0.536. The normalized spacial score (nSPS) is 11.5. The number of carbonyl (C=O) groups is 2. The number of aromatic nitrogens is 2. The van der Waals surface area contributed by atoms with Crippen LogP contribution in [0, 0.1) is 20.8 Å². The van der Waals surface area contributed by atoms with Gasteiger partial charge in [-0.05, 0) is 57.1 Å². The molecule has 0 aliphatic rings. The van der Waals surface area contributed by atoms with Gasteiger partial charge in [-0.25, -0.2) is 4.68 Å². The molecule has 0 unspecified atom stereocenters. The van der Waals surface area contributed by atoms with Crippen LogP contribution in [0.2, 0.25) is 0 Å². The molecule has 0 saturated heterocycles. The molecule has 0 aliphatic heterocycles. The molecule has 7 nitrogen and oxygen atoms in total. The Bertz CT molecular complexity index is 1200. The van der Waals surface area contributed by atoms with E-state index in [0.29, 0.717) is 11.5 Å². The molecule has 34 heavy (non-hydrogen) atoms. The summed E-state index contributed by atoms with van der Waals surface area (Å²) >= 11 is 0. The number of halogens is 3. The van der Waals surface area contributed by atoms with Gasteiger partial charge in [-0.3, -0.25) is 14.5 Å². The van der Waals surface area contributed by atoms with E-state index in [2.05, 4.69) is 15.7 Å². The van der Waals surface area contributed by atoms with E-state index in [4.69, 9.17) is 0 Å². The lowest BCUT2D eigenvalue weighted by Gasteiger charge is -2.18. The van der Waals surface area contributed by atoms with Gasteiger partial charge < -0.3 is 10.6 Å². The van der Waals surface area contributed by atoms with Crippen LogP contribution >= 0.6 is 0 Å². The van der Waals surface area contributed by atoms with Gasteiger partial charge in [0.2, 0.25) is 11.8 Å². The summed E-state index contributed by atoms with van der Waals surface area (Å²) in [4.78, 5) is 26.3. The first-order valence-corrected chi connectivity index (χ1v) is 10.5. The molecule has 0 bridgehead atoms. The monoisotopic (exact) mass is 473 g/mol. The molecule has 1 aromatic heterocycles. The van der Waals surface area contributed by atoms with Gasteiger partial charge in [0.15, 0.2) is 0 Å². The molecule has 0 spiro atoms. The van der Waals surface area contributed by atoms with Crippen molar-refractivity contribution < 1.29 is 22.8 Å². The van der Waals surface area contributed by atoms with Crippen LogP contribution in [-0.4, -0.2) is 46.6 Å². The van der Waals surface area contributed by atoms with Gasteiger partial charge in [0, 0.05) is 6.07 Å². The van der Waals surface area contributed by atoms with Crippen molar-refractivity contribution >= 4 is 23.3 Å². The fourth-order valence-corrected chi connectivity index (χ4v) is 3.48. The average Bonchev–Trinajstić information content (AvgIpc) is 3.08. The van der Waals surface area contributed by atoms with Crippen LogP contribution < -0.4 is 10.6 Å². The number of hydrogen-bond acceptors (Lipinski definition) is 4. The lowest BCUT2D eigenvalue weighted by molar-refractivity contribution is -0.137. The summed E-state index contributed by atoms with van der Waals surface area (Å²) in [6.45, 7) is 5.30. The fraction of sp³-hybridized carbons (Fsp3) is 0.292. The van der Waals surface area contributed by atoms with Gasteiger partial charge in [0.1, 0.15) is 5.82 Å². The van der Waals surface area contributed by atoms with Gasteiger partial charge in [0.25, 0.3) is 0 Å². The minimum absolute atomic E-state index is 0.147. The van der Waals surface area contributed by atoms with Crippen molar-refractivity contribution in [2.75, 3.05) is 30.8 Å². The molecule has 2 amide bonds. The molecule has 2 aromatic carbocycles. The van der Waals surface area contributed by atoms with Crippen molar-refractivity contribution in [3.05, 3.63) is 70.9 Å². The zero-order chi connectivity index (χ0) is 25.0. The average molecular weight is 473 g/mol. The highest BCUT2D eigenvalue weighted by Crippen LogP contribution is 2.34. The first-order valence-electron chi connectivity index (χ1n) is 10.5. The molecule has 1 heterocycles. The Hall–Kier alpha value is -3.66. The van der Waals surface area contributed by atoms with Crippen molar-refractivity contribution in [2.45, 2.75) is 26.9 Å². The van der Waals surface area contributed by atoms with Crippen molar-refractivity contribution in [1.29, 1.82) is 0 Å². The molecule has 180 valence electrons. The van der Waals surface area contributed by atoms with Gasteiger partial charge in [0.05, 0.1) is 35.7 Å². The highest BCUT2D eigenvalue weighted by molar-refractivity contribution is 5.95. The number of rotatable bonds is 7. The number of likely N-dealkylation sites (N-methyl/N-ethyl adjacent to an activating group) is 1. The van der Waals surface area contributed by atoms with E-state index >= 15 is 0 Å². The van der Waals surface area contributed by atoms with Crippen molar-refractivity contribution in [1.82, 2.24) is 14.7 Å². The predicted molar refractivity (Wildman–Crippen MR) is 124 cm³/mol. The Labute approximate surface area is 195 Å². The fourth-order valence-electron chi connectivity index (χ4n) is 3.48. The number of anilines is 2. The predicted octanol–water partition coefficient (Wildman–Crippen LogP) is 4.33. The molecule has 3 rings (SSSR count). The summed E-state index contributed by atoms with van der Waals surface area (Å²) in [6, 6.07) is 12.4. The molecule has 3 aromatic rings. The number of amides is 2. The Morgan fingerprint density at radius 3 is 2.29 bits per heavy atom. The lowest BCUT2D eigenvalue weighted by atomic mass is 10.1. The van der Waals surface area contributed by atoms with Crippen molar-refractivity contribution in [3.8, 4) is 5.69 Å². The molecule has 10 heteroatoms. The van der Waals surface area contributed by atoms with Gasteiger partial charge >= 0.3 is 6.18 Å². The van der Waals surface area contributed by atoms with E-state index in [0.717, 1.165) is 22.9 Å². The Balaban J connectivity index is 1.64. The van der Waals surface area contributed by atoms with E-state index in [9.17, 15) is 22.8 Å². The SMILES string of the molecule is Cc1ccc(C)c(-n2nc(C)cc2NC(=O)CN(C)CC(=O)Nc2ccccc2C(F)(F)F)c1. The second kappa shape index (κ2) is 10.1. The number of benzene rings is 2. The molecule has 0 saturated carbocycles. The Morgan fingerprint density at radius 1 is 0.971 bits per heavy atom. The second-order valence-corrected chi connectivity index (χ2v) is 8.18. The van der Waals surface area contributed by atoms with E-state index in [1.807, 2.05) is 39.0 Å². The number of hydrogen-bond donors (Lipinski definition) is 2. The van der Waals surface area contributed by atoms with Crippen LogP contribution in [0.15, 0.2) is 48.5 Å². The maximum atomic E-state index is 13.1. The van der Waals surface area contributed by atoms with Crippen LogP contribution in [0.3, 0.4) is 0 Å². The van der Waals surface area contributed by atoms with Crippen LogP contribution in [0.25, 0.3) is 5.69 Å². The molecule has 0 radical (unpaired) electrons. The molecule has 0 fully saturated rings. The summed E-state index contributed by atoms with van der Waals surface area (Å²) in [5.74, 6) is -0.575. The van der Waals surface area contributed by atoms with E-state index in [1.165, 1.54) is 30.1 Å². The number of nitrogens with one attached hydrogen (secondary N) is 2. The topological polar surface area (TPSA) is 79.3 Å². The zero-order valence-corrected chi connectivity index (χ0v) is 19.3. The van der Waals surface area contributed by atoms with E-state index in [-0.39, 0.29) is 18.8 Å². The number of alkyl halides is 3. The Kier molecular flexibility index (Phi) is 7.41. The van der Waals surface area contributed by atoms with Crippen LogP contribution in [0.5, 0.6) is 0 Å². The standard InChI is InChI=1S/C24H26F3N5O2/c1-15-9-10-16(2)20(11-15)32-21(12-17(3)30-32)29-23(34)14-31(4)13-22(33)28-19-8-6-5-7-18(19)24(25,26)27/h5-12H,13-14H2,1-4H3,(H,28,33)(H,29,34). The molecule has 2 N–H and O–H groups in total.